The topological polar surface area (TPSA) is 182 Å². The Morgan fingerprint density at radius 2 is 1.80 bits per heavy atom. The first-order chi connectivity index (χ1) is 11.8. The van der Waals surface area contributed by atoms with Gasteiger partial charge in [0, 0.05) is 0 Å². The molecule has 0 bridgehead atoms. The zero-order valence-electron chi connectivity index (χ0n) is 13.3. The van der Waals surface area contributed by atoms with Gasteiger partial charge in [-0.15, -0.1) is 0 Å². The van der Waals surface area contributed by atoms with Crippen LogP contribution in [0.15, 0.2) is 18.2 Å². The Hall–Kier alpha value is -2.85. The number of aliphatic hydroxyl groups is 1. The molecule has 10 nitrogen and oxygen atoms in total. The fourth-order valence-corrected chi connectivity index (χ4v) is 2.00. The molecular weight excluding hydrogens is 334 g/mol. The monoisotopic (exact) mass is 355 g/mol. The molecule has 0 fully saturated rings. The number of carboxylic acid groups (broad SMARTS) is 1. The second-order valence-electron chi connectivity index (χ2n) is 5.21. The summed E-state index contributed by atoms with van der Waals surface area (Å²) in [6.07, 6.45) is 0.479. The number of hydrogen-bond acceptors (Lipinski definition) is 7. The molecule has 0 unspecified atom stereocenters. The summed E-state index contributed by atoms with van der Waals surface area (Å²) >= 11 is 0. The highest BCUT2D eigenvalue weighted by Gasteiger charge is 2.27. The van der Waals surface area contributed by atoms with Crippen LogP contribution in [0.4, 0.5) is 0 Å². The number of phenolic OH excluding ortho intramolecular Hbond substituents is 2. The van der Waals surface area contributed by atoms with Crippen LogP contribution in [-0.2, 0) is 9.59 Å². The molecule has 0 radical (unpaired) electrons. The van der Waals surface area contributed by atoms with E-state index in [2.05, 4.69) is 10.6 Å². The average molecular weight is 355 g/mol. The first-order valence-corrected chi connectivity index (χ1v) is 7.47. The number of phenols is 2. The van der Waals surface area contributed by atoms with Gasteiger partial charge in [-0.1, -0.05) is 6.07 Å². The first-order valence-electron chi connectivity index (χ1n) is 7.47. The normalized spacial score (nSPS) is 12.9. The standard InChI is InChI=1S/C15H21N3O7/c16-6-2-4-9(14(23)18-10(7-19)15(24)25)17-13(22)8-3-1-5-11(20)12(8)21/h1,3,5,9-10,19-21H,2,4,6-7,16H2,(H,17,22)(H,18,23)(H,24,25)/t9-,10-/m0/s1. The molecular formula is C15H21N3O7. The van der Waals surface area contributed by atoms with E-state index < -0.39 is 48.0 Å². The molecule has 1 aromatic rings. The maximum atomic E-state index is 12.2. The van der Waals surface area contributed by atoms with Crippen molar-refractivity contribution in [1.82, 2.24) is 10.6 Å². The quantitative estimate of drug-likeness (QED) is 0.261. The Kier molecular flexibility index (Phi) is 7.63. The van der Waals surface area contributed by atoms with E-state index in [-0.39, 0.29) is 18.5 Å². The number of carboxylic acids is 1. The molecule has 1 aromatic carbocycles. The summed E-state index contributed by atoms with van der Waals surface area (Å²) in [5.74, 6) is -4.21. The number of amides is 2. The van der Waals surface area contributed by atoms with Crippen molar-refractivity contribution in [1.29, 1.82) is 0 Å². The van der Waals surface area contributed by atoms with Crippen LogP contribution in [0, 0.1) is 0 Å². The fraction of sp³-hybridized carbons (Fsp3) is 0.400. The Morgan fingerprint density at radius 3 is 2.36 bits per heavy atom. The van der Waals surface area contributed by atoms with Gasteiger partial charge in [0.1, 0.15) is 12.1 Å². The third-order valence-electron chi connectivity index (χ3n) is 3.38. The number of para-hydroxylation sites is 1. The summed E-state index contributed by atoms with van der Waals surface area (Å²) in [5.41, 5.74) is 5.14. The molecule has 0 aliphatic heterocycles. The van der Waals surface area contributed by atoms with Crippen molar-refractivity contribution in [3.05, 3.63) is 23.8 Å². The molecule has 0 heterocycles. The Bertz CT molecular complexity index is 636. The Morgan fingerprint density at radius 1 is 1.12 bits per heavy atom. The number of aliphatic carboxylic acids is 1. The summed E-state index contributed by atoms with van der Waals surface area (Å²) in [7, 11) is 0. The number of nitrogens with one attached hydrogen (secondary N) is 2. The van der Waals surface area contributed by atoms with E-state index in [9.17, 15) is 24.6 Å². The van der Waals surface area contributed by atoms with Crippen molar-refractivity contribution >= 4 is 17.8 Å². The molecule has 1 rings (SSSR count). The molecule has 138 valence electrons. The third kappa shape index (κ3) is 5.62. The number of carbonyl (C=O) groups is 3. The van der Waals surface area contributed by atoms with Crippen molar-refractivity contribution in [2.45, 2.75) is 24.9 Å². The molecule has 10 heteroatoms. The Labute approximate surface area is 143 Å². The molecule has 8 N–H and O–H groups in total. The molecule has 0 saturated carbocycles. The number of benzene rings is 1. The van der Waals surface area contributed by atoms with Crippen LogP contribution in [-0.4, -0.2) is 63.4 Å². The van der Waals surface area contributed by atoms with Gasteiger partial charge < -0.3 is 36.8 Å². The highest BCUT2D eigenvalue weighted by molar-refractivity contribution is 6.00. The Balaban J connectivity index is 2.91. The van der Waals surface area contributed by atoms with E-state index in [0.717, 1.165) is 0 Å². The van der Waals surface area contributed by atoms with Gasteiger partial charge in [-0.25, -0.2) is 4.79 Å². The molecule has 25 heavy (non-hydrogen) atoms. The van der Waals surface area contributed by atoms with E-state index in [0.29, 0.717) is 6.42 Å². The number of aliphatic hydroxyl groups excluding tert-OH is 1. The molecule has 0 aromatic heterocycles. The second kappa shape index (κ2) is 9.45. The summed E-state index contributed by atoms with van der Waals surface area (Å²) in [6.45, 7) is -0.578. The second-order valence-corrected chi connectivity index (χ2v) is 5.21. The van der Waals surface area contributed by atoms with Gasteiger partial charge in [0.2, 0.25) is 5.91 Å². The lowest BCUT2D eigenvalue weighted by molar-refractivity contribution is -0.143. The zero-order valence-corrected chi connectivity index (χ0v) is 13.3. The van der Waals surface area contributed by atoms with Crippen molar-refractivity contribution in [2.75, 3.05) is 13.2 Å². The number of nitrogens with two attached hydrogens (primary N) is 1. The van der Waals surface area contributed by atoms with Gasteiger partial charge >= 0.3 is 5.97 Å². The van der Waals surface area contributed by atoms with Crippen molar-refractivity contribution < 1.29 is 34.8 Å². The molecule has 0 spiro atoms. The largest absolute Gasteiger partial charge is 0.504 e. The summed E-state index contributed by atoms with van der Waals surface area (Å²) in [4.78, 5) is 35.3. The number of aromatic hydroxyl groups is 2. The van der Waals surface area contributed by atoms with E-state index in [1.807, 2.05) is 0 Å². The van der Waals surface area contributed by atoms with E-state index in [4.69, 9.17) is 15.9 Å². The average Bonchev–Trinajstić information content (AvgIpc) is 2.57. The van der Waals surface area contributed by atoms with Crippen molar-refractivity contribution in [2.24, 2.45) is 5.73 Å². The fourth-order valence-electron chi connectivity index (χ4n) is 2.00. The maximum absolute atomic E-state index is 12.2. The van der Waals surface area contributed by atoms with Crippen LogP contribution in [0.2, 0.25) is 0 Å². The summed E-state index contributed by atoms with van der Waals surface area (Å²) < 4.78 is 0. The van der Waals surface area contributed by atoms with Crippen LogP contribution >= 0.6 is 0 Å². The highest BCUT2D eigenvalue weighted by atomic mass is 16.4. The van der Waals surface area contributed by atoms with Crippen LogP contribution < -0.4 is 16.4 Å². The molecule has 0 saturated heterocycles. The zero-order chi connectivity index (χ0) is 19.0. The summed E-state index contributed by atoms with van der Waals surface area (Å²) in [5, 5.41) is 41.4. The minimum atomic E-state index is -1.51. The molecule has 2 atom stereocenters. The van der Waals surface area contributed by atoms with Crippen LogP contribution in [0.3, 0.4) is 0 Å². The molecule has 2 amide bonds. The number of hydrogen-bond donors (Lipinski definition) is 7. The van der Waals surface area contributed by atoms with E-state index in [1.54, 1.807) is 0 Å². The highest BCUT2D eigenvalue weighted by Crippen LogP contribution is 2.28. The lowest BCUT2D eigenvalue weighted by Gasteiger charge is -2.20. The number of carbonyl (C=O) groups excluding carboxylic acids is 2. The first kappa shape index (κ1) is 20.2. The van der Waals surface area contributed by atoms with Gasteiger partial charge in [0.15, 0.2) is 11.5 Å². The van der Waals surface area contributed by atoms with Crippen LogP contribution in [0.5, 0.6) is 11.5 Å². The van der Waals surface area contributed by atoms with Gasteiger partial charge in [-0.05, 0) is 31.5 Å². The van der Waals surface area contributed by atoms with E-state index >= 15 is 0 Å². The predicted molar refractivity (Wildman–Crippen MR) is 86.0 cm³/mol. The summed E-state index contributed by atoms with van der Waals surface area (Å²) in [6, 6.07) is 1.12. The maximum Gasteiger partial charge on any atom is 0.328 e. The third-order valence-corrected chi connectivity index (χ3v) is 3.38. The van der Waals surface area contributed by atoms with Gasteiger partial charge in [-0.3, -0.25) is 9.59 Å². The lowest BCUT2D eigenvalue weighted by Crippen LogP contribution is -2.52. The minimum Gasteiger partial charge on any atom is -0.504 e. The van der Waals surface area contributed by atoms with E-state index in [1.165, 1.54) is 18.2 Å². The van der Waals surface area contributed by atoms with Gasteiger partial charge in [-0.2, -0.15) is 0 Å². The molecule has 0 aliphatic carbocycles. The number of rotatable bonds is 9. The smallest absolute Gasteiger partial charge is 0.328 e. The SMILES string of the molecule is NCCC[C@H](NC(=O)c1cccc(O)c1O)C(=O)N[C@@H](CO)C(=O)O. The van der Waals surface area contributed by atoms with Gasteiger partial charge in [0.05, 0.1) is 12.2 Å². The van der Waals surface area contributed by atoms with Crippen LogP contribution in [0.25, 0.3) is 0 Å². The minimum absolute atomic E-state index is 0.116. The van der Waals surface area contributed by atoms with Crippen LogP contribution in [0.1, 0.15) is 23.2 Å². The van der Waals surface area contributed by atoms with Crippen molar-refractivity contribution in [3.8, 4) is 11.5 Å². The lowest BCUT2D eigenvalue weighted by atomic mass is 10.1. The predicted octanol–water partition coefficient (Wildman–Crippen LogP) is -1.50. The van der Waals surface area contributed by atoms with Crippen molar-refractivity contribution in [3.63, 3.8) is 0 Å². The van der Waals surface area contributed by atoms with Gasteiger partial charge in [0.25, 0.3) is 5.91 Å². The molecule has 0 aliphatic rings.